The molecule has 35 nitrogen and oxygen atoms in total. The van der Waals surface area contributed by atoms with E-state index < -0.39 is 218 Å². The maximum atomic E-state index is 14.4. The lowest BCUT2D eigenvalue weighted by molar-refractivity contribution is -0.145. The van der Waals surface area contributed by atoms with Crippen molar-refractivity contribution in [3.05, 3.63) is 0 Å². The molecule has 1 aliphatic heterocycles. The van der Waals surface area contributed by atoms with E-state index in [1.165, 1.54) is 13.8 Å². The van der Waals surface area contributed by atoms with Crippen LogP contribution in [0.1, 0.15) is 133 Å². The Hall–Kier alpha value is -7.70. The monoisotopic (exact) mass is 1300 g/mol. The zero-order valence-electron chi connectivity index (χ0n) is 53.0. The van der Waals surface area contributed by atoms with Crippen LogP contribution < -0.4 is 70.4 Å². The molecule has 91 heavy (non-hydrogen) atoms. The third-order valence-corrected chi connectivity index (χ3v) is 14.5. The molecule has 0 saturated carbocycles. The van der Waals surface area contributed by atoms with Crippen molar-refractivity contribution in [1.29, 1.82) is 0 Å². The molecule has 1 rings (SSSR count). The van der Waals surface area contributed by atoms with Crippen molar-refractivity contribution >= 4 is 82.8 Å². The smallest absolute Gasteiger partial charge is 0.326 e. The molecule has 0 aromatic rings. The summed E-state index contributed by atoms with van der Waals surface area (Å²) in [5, 5.41) is 93.9. The largest absolute Gasteiger partial charge is 0.481 e. The van der Waals surface area contributed by atoms with Crippen LogP contribution in [0.3, 0.4) is 0 Å². The van der Waals surface area contributed by atoms with Crippen molar-refractivity contribution in [1.82, 2.24) is 58.1 Å². The summed E-state index contributed by atoms with van der Waals surface area (Å²) < 4.78 is 0. The molecule has 1 aliphatic rings. The number of amides is 12. The summed E-state index contributed by atoms with van der Waals surface area (Å²) in [5.41, 5.74) is 16.6. The lowest BCUT2D eigenvalue weighted by atomic mass is 9.98. The van der Waals surface area contributed by atoms with Crippen LogP contribution in [0.25, 0.3) is 0 Å². The third-order valence-electron chi connectivity index (χ3n) is 14.5. The molecule has 35 heteroatoms. The van der Waals surface area contributed by atoms with E-state index in [1.54, 1.807) is 41.5 Å². The van der Waals surface area contributed by atoms with Gasteiger partial charge in [-0.2, -0.15) is 0 Å². The Morgan fingerprint density at radius 2 is 0.879 bits per heavy atom. The highest BCUT2D eigenvalue weighted by atomic mass is 16.4. The van der Waals surface area contributed by atoms with E-state index in [2.05, 4.69) is 53.2 Å². The molecule has 0 aromatic carbocycles. The second-order valence-electron chi connectivity index (χ2n) is 23.8. The second kappa shape index (κ2) is 40.2. The SMILES string of the molecule is CC(C)C[C@H](NC(=O)[C@@H](NC(=O)[C@@H](NC(=O)[C@H](CC(C)C)NC(=O)[C@@H]1CCCN1C(=O)[C@@H](NC(=O)[C@H](CCC(N)=O)NC(=O)[C@H](CO)NC(=O)[C@H](CCCCN)NC(=O)[C@H](CCC(=O)O)NC(=O)[C@H](CO)NC(=O)[C@@H](N)[C@@H](C)O)[C@@H](C)O)C(C)C)[C@@H](C)O)C(=O)O. The van der Waals surface area contributed by atoms with E-state index in [-0.39, 0.29) is 69.9 Å². The first-order chi connectivity index (χ1) is 42.4. The first kappa shape index (κ1) is 81.3. The van der Waals surface area contributed by atoms with Crippen molar-refractivity contribution < 1.29 is 103 Å². The number of aliphatic carboxylic acids is 2. The zero-order chi connectivity index (χ0) is 69.7. The van der Waals surface area contributed by atoms with Crippen LogP contribution in [0.4, 0.5) is 0 Å². The molecule has 0 spiro atoms. The van der Waals surface area contributed by atoms with Crippen LogP contribution >= 0.6 is 0 Å². The molecule has 0 unspecified atom stereocenters. The molecule has 0 bridgehead atoms. The number of hydrogen-bond acceptors (Lipinski definition) is 21. The lowest BCUT2D eigenvalue weighted by Gasteiger charge is -2.32. The van der Waals surface area contributed by atoms with Gasteiger partial charge in [-0.1, -0.05) is 41.5 Å². The van der Waals surface area contributed by atoms with Crippen LogP contribution in [-0.4, -0.2) is 241 Å². The predicted octanol–water partition coefficient (Wildman–Crippen LogP) is -7.63. The van der Waals surface area contributed by atoms with E-state index in [0.717, 1.165) is 11.8 Å². The molecule has 518 valence electrons. The number of nitrogens with zero attached hydrogens (tertiary/aromatic N) is 1. The normalized spacial score (nSPS) is 17.7. The highest BCUT2D eigenvalue weighted by Gasteiger charge is 2.43. The van der Waals surface area contributed by atoms with E-state index >= 15 is 0 Å². The van der Waals surface area contributed by atoms with Gasteiger partial charge in [0.25, 0.3) is 0 Å². The summed E-state index contributed by atoms with van der Waals surface area (Å²) in [6.45, 7) is 11.4. The standard InChI is InChI=1S/C56H98N14O21/c1-25(2)21-34(48(82)67-42(27(5)6)53(87)68-43(29(8)74)54(88)64-35(56(90)91)22-26(3)4)63-51(85)38-14-12-20-70(38)55(89)44(30(9)75)69-47(81)32(15-17-39(58)76)61-49(83)36(23-71)65-45(79)31(13-10-11-19-57)60-46(80)33(16-18-40(77)78)62-50(84)37(24-72)66-52(86)41(59)28(7)73/h25-38,41-44,71-75H,10-24,57,59H2,1-9H3,(H2,58,76)(H,60,80)(H,61,83)(H,62,84)(H,63,85)(H,64,88)(H,65,79)(H,66,86)(H,67,82)(H,68,87)(H,69,81)(H,77,78)(H,90,91)/t28-,29-,30-,31+,32+,33+,34+,35+,36+,37+,38+,41+,42+,43+,44+/m1/s1. The Morgan fingerprint density at radius 3 is 1.32 bits per heavy atom. The number of nitrogens with two attached hydrogens (primary N) is 3. The van der Waals surface area contributed by atoms with E-state index in [1.807, 2.05) is 0 Å². The molecule has 12 amide bonds. The molecular weight excluding hydrogens is 1200 g/mol. The number of unbranched alkanes of at least 4 members (excludes halogenated alkanes) is 1. The molecule has 0 aliphatic carbocycles. The van der Waals surface area contributed by atoms with Gasteiger partial charge in [0.1, 0.15) is 72.5 Å². The van der Waals surface area contributed by atoms with Gasteiger partial charge in [0.15, 0.2) is 0 Å². The fourth-order valence-corrected chi connectivity index (χ4v) is 9.30. The Morgan fingerprint density at radius 1 is 0.473 bits per heavy atom. The van der Waals surface area contributed by atoms with Crippen LogP contribution in [0, 0.1) is 17.8 Å². The molecule has 0 radical (unpaired) electrons. The lowest BCUT2D eigenvalue weighted by Crippen LogP contribution is -2.62. The maximum Gasteiger partial charge on any atom is 0.326 e. The van der Waals surface area contributed by atoms with Gasteiger partial charge in [-0.3, -0.25) is 62.3 Å². The molecule has 1 saturated heterocycles. The molecule has 15 atom stereocenters. The van der Waals surface area contributed by atoms with Crippen molar-refractivity contribution in [2.75, 3.05) is 26.3 Å². The number of aliphatic hydroxyl groups excluding tert-OH is 5. The number of carbonyl (C=O) groups excluding carboxylic acids is 12. The van der Waals surface area contributed by atoms with Gasteiger partial charge in [-0.25, -0.2) is 4.79 Å². The number of nitrogens with one attached hydrogen (secondary N) is 10. The quantitative estimate of drug-likeness (QED) is 0.0252. The van der Waals surface area contributed by atoms with Crippen molar-refractivity contribution in [2.45, 2.75) is 224 Å². The van der Waals surface area contributed by atoms with E-state index in [4.69, 9.17) is 17.2 Å². The molecule has 0 aromatic heterocycles. The van der Waals surface area contributed by atoms with Gasteiger partial charge in [-0.15, -0.1) is 0 Å². The van der Waals surface area contributed by atoms with Gasteiger partial charge < -0.3 is 111 Å². The number of carboxylic acids is 2. The van der Waals surface area contributed by atoms with Gasteiger partial charge in [0.2, 0.25) is 70.9 Å². The van der Waals surface area contributed by atoms with Crippen molar-refractivity contribution in [3.63, 3.8) is 0 Å². The van der Waals surface area contributed by atoms with E-state index in [0.29, 0.717) is 0 Å². The van der Waals surface area contributed by atoms with Crippen LogP contribution in [0.15, 0.2) is 0 Å². The average Bonchev–Trinajstić information content (AvgIpc) is 2.84. The number of hydrogen-bond donors (Lipinski definition) is 20. The summed E-state index contributed by atoms with van der Waals surface area (Å²) in [7, 11) is 0. The highest BCUT2D eigenvalue weighted by Crippen LogP contribution is 2.21. The summed E-state index contributed by atoms with van der Waals surface area (Å²) in [5.74, 6) is -16.5. The Labute approximate surface area is 527 Å². The van der Waals surface area contributed by atoms with Crippen LogP contribution in [0.5, 0.6) is 0 Å². The summed E-state index contributed by atoms with van der Waals surface area (Å²) in [6, 6.07) is -19.3. The van der Waals surface area contributed by atoms with Gasteiger partial charge in [-0.05, 0) is 103 Å². The van der Waals surface area contributed by atoms with E-state index in [9.17, 15) is 103 Å². The fraction of sp³-hybridized carbons (Fsp3) is 0.750. The molecule has 1 heterocycles. The Kier molecular flexibility index (Phi) is 35.9. The van der Waals surface area contributed by atoms with Gasteiger partial charge >= 0.3 is 11.9 Å². The summed E-state index contributed by atoms with van der Waals surface area (Å²) in [6.07, 6.45) is -6.59. The van der Waals surface area contributed by atoms with Gasteiger partial charge in [0, 0.05) is 19.4 Å². The summed E-state index contributed by atoms with van der Waals surface area (Å²) >= 11 is 0. The molecule has 1 fully saturated rings. The number of primary amides is 1. The molecular formula is C56H98N14O21. The van der Waals surface area contributed by atoms with Crippen molar-refractivity contribution in [3.8, 4) is 0 Å². The van der Waals surface area contributed by atoms with Crippen molar-refractivity contribution in [2.24, 2.45) is 35.0 Å². The van der Waals surface area contributed by atoms with Crippen LogP contribution in [-0.2, 0) is 67.1 Å². The second-order valence-corrected chi connectivity index (χ2v) is 23.8. The molecule has 23 N–H and O–H groups in total. The third kappa shape index (κ3) is 28.2. The predicted molar refractivity (Wildman–Crippen MR) is 321 cm³/mol. The minimum atomic E-state index is -1.93. The maximum absolute atomic E-state index is 14.4. The van der Waals surface area contributed by atoms with Crippen LogP contribution in [0.2, 0.25) is 0 Å². The van der Waals surface area contributed by atoms with Gasteiger partial charge in [0.05, 0.1) is 31.5 Å². The highest BCUT2D eigenvalue weighted by molar-refractivity contribution is 6.00. The fourth-order valence-electron chi connectivity index (χ4n) is 9.30. The first-order valence-corrected chi connectivity index (χ1v) is 30.2. The number of carbonyl (C=O) groups is 14. The zero-order valence-corrected chi connectivity index (χ0v) is 53.0. The first-order valence-electron chi connectivity index (χ1n) is 30.2. The average molecular weight is 1300 g/mol. The number of likely N-dealkylation sites (tertiary alicyclic amines) is 1. The number of carboxylic acid groups (broad SMARTS) is 2. The Bertz CT molecular complexity index is 2500. The number of aliphatic hydroxyl groups is 5. The summed E-state index contributed by atoms with van der Waals surface area (Å²) in [4.78, 5) is 187. The topological polar surface area (TPSA) is 582 Å². The minimum absolute atomic E-state index is 0.00768. The number of rotatable bonds is 42. The minimum Gasteiger partial charge on any atom is -0.481 e. The Balaban J connectivity index is 3.46.